The van der Waals surface area contributed by atoms with Crippen molar-refractivity contribution in [1.29, 1.82) is 0 Å². The molecule has 7 nitrogen and oxygen atoms in total. The van der Waals surface area contributed by atoms with E-state index in [4.69, 9.17) is 10.8 Å². The average molecular weight is 266 g/mol. The Balaban J connectivity index is 4.54. The van der Waals surface area contributed by atoms with Gasteiger partial charge in [0.2, 0.25) is 15.9 Å². The highest BCUT2D eigenvalue weighted by atomic mass is 32.2. The lowest BCUT2D eigenvalue weighted by molar-refractivity contribution is -0.139. The Morgan fingerprint density at radius 2 is 1.88 bits per heavy atom. The van der Waals surface area contributed by atoms with Gasteiger partial charge >= 0.3 is 5.97 Å². The van der Waals surface area contributed by atoms with Crippen LogP contribution in [0.4, 0.5) is 0 Å². The van der Waals surface area contributed by atoms with Crippen molar-refractivity contribution in [2.45, 2.75) is 32.7 Å². The maximum absolute atomic E-state index is 11.5. The van der Waals surface area contributed by atoms with Crippen molar-refractivity contribution in [3.8, 4) is 0 Å². The van der Waals surface area contributed by atoms with Crippen molar-refractivity contribution in [1.82, 2.24) is 4.72 Å². The summed E-state index contributed by atoms with van der Waals surface area (Å²) in [5, 5.41) is 8.80. The quantitative estimate of drug-likeness (QED) is 0.534. The number of rotatable bonds is 8. The predicted molar refractivity (Wildman–Crippen MR) is 61.6 cm³/mol. The van der Waals surface area contributed by atoms with E-state index in [1.165, 1.54) is 0 Å². The largest absolute Gasteiger partial charge is 0.480 e. The molecule has 0 saturated carbocycles. The van der Waals surface area contributed by atoms with Gasteiger partial charge in [0.1, 0.15) is 6.04 Å². The van der Waals surface area contributed by atoms with Gasteiger partial charge in [0, 0.05) is 6.42 Å². The van der Waals surface area contributed by atoms with Crippen molar-refractivity contribution in [2.24, 2.45) is 11.7 Å². The van der Waals surface area contributed by atoms with Crippen molar-refractivity contribution in [3.05, 3.63) is 0 Å². The molecule has 8 heteroatoms. The van der Waals surface area contributed by atoms with Crippen molar-refractivity contribution in [3.63, 3.8) is 0 Å². The molecule has 0 bridgehead atoms. The first-order chi connectivity index (χ1) is 7.64. The molecule has 0 aliphatic rings. The Morgan fingerprint density at radius 3 is 2.24 bits per heavy atom. The first-order valence-corrected chi connectivity index (χ1v) is 6.80. The van der Waals surface area contributed by atoms with Crippen LogP contribution in [0.3, 0.4) is 0 Å². The zero-order valence-corrected chi connectivity index (χ0v) is 10.7. The normalized spacial score (nSPS) is 13.6. The van der Waals surface area contributed by atoms with Gasteiger partial charge in [-0.1, -0.05) is 13.8 Å². The Kier molecular flexibility index (Phi) is 6.11. The molecule has 0 spiro atoms. The van der Waals surface area contributed by atoms with Crippen LogP contribution in [0.15, 0.2) is 0 Å². The number of amides is 1. The van der Waals surface area contributed by atoms with E-state index < -0.39 is 27.9 Å². The summed E-state index contributed by atoms with van der Waals surface area (Å²) in [7, 11) is -3.66. The smallest absolute Gasteiger partial charge is 0.321 e. The standard InChI is InChI=1S/C9H18N2O5S/c1-6(2)5-17(15,16)11-7(9(13)14)3-4-8(10)12/h6-7,11H,3-5H2,1-2H3,(H2,10,12)(H,13,14). The van der Waals surface area contributed by atoms with Gasteiger partial charge in [0.25, 0.3) is 0 Å². The van der Waals surface area contributed by atoms with Crippen LogP contribution < -0.4 is 10.5 Å². The minimum absolute atomic E-state index is 0.113. The average Bonchev–Trinajstić information content (AvgIpc) is 2.09. The number of carboxylic acids is 1. The highest BCUT2D eigenvalue weighted by Gasteiger charge is 2.24. The molecular weight excluding hydrogens is 248 g/mol. The second-order valence-electron chi connectivity index (χ2n) is 4.19. The van der Waals surface area contributed by atoms with Gasteiger partial charge in [-0.3, -0.25) is 9.59 Å². The Bertz CT molecular complexity index is 377. The van der Waals surface area contributed by atoms with E-state index in [2.05, 4.69) is 0 Å². The zero-order valence-electron chi connectivity index (χ0n) is 9.84. The van der Waals surface area contributed by atoms with Gasteiger partial charge in [0.05, 0.1) is 5.75 Å². The number of sulfonamides is 1. The first-order valence-electron chi connectivity index (χ1n) is 5.15. The summed E-state index contributed by atoms with van der Waals surface area (Å²) in [6.45, 7) is 3.41. The van der Waals surface area contributed by atoms with E-state index in [1.54, 1.807) is 13.8 Å². The third kappa shape index (κ3) is 7.70. The molecule has 17 heavy (non-hydrogen) atoms. The predicted octanol–water partition coefficient (Wildman–Crippen LogP) is -0.719. The second-order valence-corrected chi connectivity index (χ2v) is 5.99. The van der Waals surface area contributed by atoms with E-state index in [0.29, 0.717) is 0 Å². The molecule has 0 heterocycles. The van der Waals surface area contributed by atoms with Crippen LogP contribution in [0.2, 0.25) is 0 Å². The number of nitrogens with one attached hydrogen (secondary N) is 1. The van der Waals surface area contributed by atoms with Crippen LogP contribution in [0.5, 0.6) is 0 Å². The van der Waals surface area contributed by atoms with E-state index >= 15 is 0 Å². The van der Waals surface area contributed by atoms with Gasteiger partial charge < -0.3 is 10.8 Å². The van der Waals surface area contributed by atoms with Crippen LogP contribution in [0.25, 0.3) is 0 Å². The summed E-state index contributed by atoms with van der Waals surface area (Å²) in [4.78, 5) is 21.3. The summed E-state index contributed by atoms with van der Waals surface area (Å²) in [5.41, 5.74) is 4.88. The maximum Gasteiger partial charge on any atom is 0.321 e. The van der Waals surface area contributed by atoms with Crippen molar-refractivity contribution >= 4 is 21.9 Å². The Labute approximate surface area is 100 Å². The fraction of sp³-hybridized carbons (Fsp3) is 0.778. The Hall–Kier alpha value is -1.15. The van der Waals surface area contributed by atoms with E-state index in [0.717, 1.165) is 0 Å². The third-order valence-electron chi connectivity index (χ3n) is 1.85. The summed E-state index contributed by atoms with van der Waals surface area (Å²) in [5.74, 6) is -2.26. The number of primary amides is 1. The molecule has 100 valence electrons. The fourth-order valence-electron chi connectivity index (χ4n) is 1.22. The molecule has 1 atom stereocenters. The monoisotopic (exact) mass is 266 g/mol. The van der Waals surface area contributed by atoms with Gasteiger partial charge in [-0.25, -0.2) is 13.1 Å². The minimum atomic E-state index is -3.66. The molecule has 0 fully saturated rings. The van der Waals surface area contributed by atoms with Gasteiger partial charge in [-0.2, -0.15) is 0 Å². The zero-order chi connectivity index (χ0) is 13.6. The topological polar surface area (TPSA) is 127 Å². The number of hydrogen-bond acceptors (Lipinski definition) is 4. The van der Waals surface area contributed by atoms with E-state index in [-0.39, 0.29) is 24.5 Å². The number of carbonyl (C=O) groups is 2. The Morgan fingerprint density at radius 1 is 1.35 bits per heavy atom. The van der Waals surface area contributed by atoms with Crippen LogP contribution in [-0.4, -0.2) is 37.2 Å². The maximum atomic E-state index is 11.5. The van der Waals surface area contributed by atoms with Crippen LogP contribution in [0.1, 0.15) is 26.7 Å². The fourth-order valence-corrected chi connectivity index (χ4v) is 2.85. The van der Waals surface area contributed by atoms with Crippen molar-refractivity contribution in [2.75, 3.05) is 5.75 Å². The molecule has 4 N–H and O–H groups in total. The molecule has 0 rings (SSSR count). The third-order valence-corrected chi connectivity index (χ3v) is 3.60. The molecule has 0 aromatic rings. The number of nitrogens with two attached hydrogens (primary N) is 1. The molecule has 0 aromatic carbocycles. The molecule has 0 radical (unpaired) electrons. The highest BCUT2D eigenvalue weighted by molar-refractivity contribution is 7.89. The van der Waals surface area contributed by atoms with Crippen molar-refractivity contribution < 1.29 is 23.1 Å². The van der Waals surface area contributed by atoms with Gasteiger partial charge in [-0.05, 0) is 12.3 Å². The summed E-state index contributed by atoms with van der Waals surface area (Å²) in [6.07, 6.45) is -0.330. The minimum Gasteiger partial charge on any atom is -0.480 e. The molecular formula is C9H18N2O5S. The summed E-state index contributed by atoms with van der Waals surface area (Å²) in [6, 6.07) is -1.31. The lowest BCUT2D eigenvalue weighted by Gasteiger charge is -2.15. The number of carboxylic acid groups (broad SMARTS) is 1. The van der Waals surface area contributed by atoms with Crippen LogP contribution in [0, 0.1) is 5.92 Å². The number of aliphatic carboxylic acids is 1. The van der Waals surface area contributed by atoms with Crippen LogP contribution in [-0.2, 0) is 19.6 Å². The number of carbonyl (C=O) groups excluding carboxylic acids is 1. The number of hydrogen-bond donors (Lipinski definition) is 3. The van der Waals surface area contributed by atoms with E-state index in [1.807, 2.05) is 4.72 Å². The molecule has 1 unspecified atom stereocenters. The lowest BCUT2D eigenvalue weighted by Crippen LogP contribution is -2.43. The van der Waals surface area contributed by atoms with Gasteiger partial charge in [-0.15, -0.1) is 0 Å². The molecule has 0 aromatic heterocycles. The highest BCUT2D eigenvalue weighted by Crippen LogP contribution is 2.03. The molecule has 0 aliphatic heterocycles. The molecule has 0 saturated heterocycles. The second kappa shape index (κ2) is 6.55. The molecule has 0 aliphatic carbocycles. The summed E-state index contributed by atoms with van der Waals surface area (Å²) >= 11 is 0. The lowest BCUT2D eigenvalue weighted by atomic mass is 10.2. The van der Waals surface area contributed by atoms with Gasteiger partial charge in [0.15, 0.2) is 0 Å². The SMILES string of the molecule is CC(C)CS(=O)(=O)NC(CCC(N)=O)C(=O)O. The summed E-state index contributed by atoms with van der Waals surface area (Å²) < 4.78 is 25.1. The first kappa shape index (κ1) is 15.9. The van der Waals surface area contributed by atoms with E-state index in [9.17, 15) is 18.0 Å². The molecule has 1 amide bonds. The van der Waals surface area contributed by atoms with Crippen LogP contribution >= 0.6 is 0 Å².